The normalized spacial score (nSPS) is 19.5. The average molecular weight is 639 g/mol. The van der Waals surface area contributed by atoms with Crippen molar-refractivity contribution >= 4 is 46.9 Å². The van der Waals surface area contributed by atoms with Gasteiger partial charge in [0.15, 0.2) is 18.2 Å². The SMILES string of the molecule is CC(=O)OC(C1=CS[C@H]2[C@H](NC(=O)Cc3cccs3)C(=O)N2C1C(=O)OC(c1ccccc1)c1ccccc1)c1ccccc1. The van der Waals surface area contributed by atoms with Gasteiger partial charge in [-0.15, -0.1) is 23.1 Å². The third-order valence-electron chi connectivity index (χ3n) is 7.60. The number of hydrogen-bond donors (Lipinski definition) is 1. The summed E-state index contributed by atoms with van der Waals surface area (Å²) < 4.78 is 12.1. The molecule has 0 bridgehead atoms. The molecule has 1 saturated heterocycles. The highest BCUT2D eigenvalue weighted by Crippen LogP contribution is 2.45. The Balaban J connectivity index is 1.34. The first-order valence-corrected chi connectivity index (χ1v) is 16.2. The summed E-state index contributed by atoms with van der Waals surface area (Å²) in [7, 11) is 0. The van der Waals surface area contributed by atoms with Gasteiger partial charge in [0.25, 0.3) is 0 Å². The van der Waals surface area contributed by atoms with Crippen LogP contribution in [0.15, 0.2) is 119 Å². The molecule has 0 spiro atoms. The van der Waals surface area contributed by atoms with E-state index in [9.17, 15) is 19.2 Å². The molecular formula is C35H30N2O6S2. The maximum atomic E-state index is 14.4. The average Bonchev–Trinajstić information content (AvgIpc) is 3.58. The van der Waals surface area contributed by atoms with Crippen molar-refractivity contribution in [2.75, 3.05) is 0 Å². The minimum absolute atomic E-state index is 0.157. The van der Waals surface area contributed by atoms with Gasteiger partial charge in [0.1, 0.15) is 11.4 Å². The van der Waals surface area contributed by atoms with E-state index in [-0.39, 0.29) is 12.3 Å². The number of amides is 2. The molecule has 8 nitrogen and oxygen atoms in total. The van der Waals surface area contributed by atoms with Crippen molar-refractivity contribution in [3.63, 3.8) is 0 Å². The number of esters is 2. The molecule has 10 heteroatoms. The summed E-state index contributed by atoms with van der Waals surface area (Å²) in [4.78, 5) is 55.6. The third-order valence-corrected chi connectivity index (χ3v) is 9.66. The minimum atomic E-state index is -1.20. The van der Waals surface area contributed by atoms with Gasteiger partial charge in [-0.3, -0.25) is 14.4 Å². The second-order valence-corrected chi connectivity index (χ2v) is 12.7. The van der Waals surface area contributed by atoms with Crippen LogP contribution in [-0.4, -0.2) is 46.1 Å². The van der Waals surface area contributed by atoms with Crippen molar-refractivity contribution in [1.82, 2.24) is 10.2 Å². The monoisotopic (exact) mass is 638 g/mol. The van der Waals surface area contributed by atoms with Gasteiger partial charge in [-0.2, -0.15) is 0 Å². The van der Waals surface area contributed by atoms with E-state index in [2.05, 4.69) is 5.32 Å². The van der Waals surface area contributed by atoms with Gasteiger partial charge in [-0.25, -0.2) is 4.79 Å². The van der Waals surface area contributed by atoms with Crippen LogP contribution < -0.4 is 5.32 Å². The van der Waals surface area contributed by atoms with Crippen LogP contribution in [0.3, 0.4) is 0 Å². The highest BCUT2D eigenvalue weighted by molar-refractivity contribution is 8.03. The molecule has 1 fully saturated rings. The molecule has 0 saturated carbocycles. The zero-order valence-electron chi connectivity index (χ0n) is 24.3. The predicted molar refractivity (Wildman–Crippen MR) is 172 cm³/mol. The van der Waals surface area contributed by atoms with Crippen molar-refractivity contribution in [3.05, 3.63) is 141 Å². The van der Waals surface area contributed by atoms with Gasteiger partial charge in [-0.1, -0.05) is 97.1 Å². The first-order chi connectivity index (χ1) is 21.9. The molecule has 3 heterocycles. The molecule has 2 unspecified atom stereocenters. The van der Waals surface area contributed by atoms with Crippen LogP contribution in [0.5, 0.6) is 0 Å². The number of ether oxygens (including phenoxy) is 2. The molecule has 45 heavy (non-hydrogen) atoms. The van der Waals surface area contributed by atoms with E-state index in [0.29, 0.717) is 11.1 Å². The smallest absolute Gasteiger partial charge is 0.334 e. The van der Waals surface area contributed by atoms with Gasteiger partial charge >= 0.3 is 11.9 Å². The molecule has 3 aromatic carbocycles. The second kappa shape index (κ2) is 13.5. The Bertz CT molecular complexity index is 1660. The minimum Gasteiger partial charge on any atom is -0.453 e. The first kappa shape index (κ1) is 30.4. The molecular weight excluding hydrogens is 609 g/mol. The summed E-state index contributed by atoms with van der Waals surface area (Å²) in [6.07, 6.45) is -1.54. The topological polar surface area (TPSA) is 102 Å². The van der Waals surface area contributed by atoms with Gasteiger partial charge in [0.2, 0.25) is 11.8 Å². The van der Waals surface area contributed by atoms with Crippen LogP contribution in [0.1, 0.15) is 40.7 Å². The van der Waals surface area contributed by atoms with Gasteiger partial charge < -0.3 is 19.7 Å². The lowest BCUT2D eigenvalue weighted by molar-refractivity contribution is -0.167. The summed E-state index contributed by atoms with van der Waals surface area (Å²) in [6, 6.07) is 29.5. The Labute approximate surface area is 269 Å². The van der Waals surface area contributed by atoms with E-state index in [1.54, 1.807) is 17.5 Å². The lowest BCUT2D eigenvalue weighted by atomic mass is 9.91. The Morgan fingerprint density at radius 3 is 1.91 bits per heavy atom. The number of benzene rings is 3. The fourth-order valence-electron chi connectivity index (χ4n) is 5.55. The Hall–Kier alpha value is -4.67. The van der Waals surface area contributed by atoms with E-state index in [1.165, 1.54) is 34.9 Å². The summed E-state index contributed by atoms with van der Waals surface area (Å²) in [5, 5.41) is 5.96. The van der Waals surface area contributed by atoms with E-state index in [4.69, 9.17) is 9.47 Å². The molecule has 228 valence electrons. The summed E-state index contributed by atoms with van der Waals surface area (Å²) in [5.74, 6) is -1.90. The van der Waals surface area contributed by atoms with Crippen LogP contribution in [0.2, 0.25) is 0 Å². The van der Waals surface area contributed by atoms with Crippen molar-refractivity contribution in [3.8, 4) is 0 Å². The number of rotatable bonds is 10. The lowest BCUT2D eigenvalue weighted by Gasteiger charge is -2.52. The largest absolute Gasteiger partial charge is 0.453 e. The molecule has 2 aliphatic rings. The number of carbonyl (C=O) groups is 4. The van der Waals surface area contributed by atoms with Crippen LogP contribution in [0.4, 0.5) is 0 Å². The van der Waals surface area contributed by atoms with Crippen LogP contribution in [0, 0.1) is 0 Å². The number of β-lactam (4-membered cyclic amide) rings is 1. The zero-order chi connectivity index (χ0) is 31.3. The Morgan fingerprint density at radius 2 is 1.38 bits per heavy atom. The summed E-state index contributed by atoms with van der Waals surface area (Å²) in [5.41, 5.74) is 2.57. The fourth-order valence-corrected chi connectivity index (χ4v) is 7.50. The van der Waals surface area contributed by atoms with E-state index in [0.717, 1.165) is 16.0 Å². The van der Waals surface area contributed by atoms with Crippen molar-refractivity contribution < 1.29 is 28.7 Å². The first-order valence-electron chi connectivity index (χ1n) is 14.4. The standard InChI is InChI=1S/C35H30N2O6S2/c1-22(38)42-32(25-16-9-4-10-17-25)27-21-45-34-29(36-28(39)20-26-18-11-19-44-26)33(40)37(34)30(27)35(41)43-31(23-12-5-2-6-13-23)24-14-7-3-8-15-24/h2-19,21,29-32,34H,20H2,1H3,(H,36,39)/t29-,30?,32?,34+/m1/s1. The predicted octanol–water partition coefficient (Wildman–Crippen LogP) is 5.58. The molecule has 4 aromatic rings. The number of nitrogens with zero attached hydrogens (tertiary/aromatic N) is 1. The van der Waals surface area contributed by atoms with Crippen LogP contribution >= 0.6 is 23.1 Å². The fraction of sp³-hybridized carbons (Fsp3) is 0.200. The van der Waals surface area contributed by atoms with Gasteiger partial charge in [-0.05, 0) is 33.5 Å². The third kappa shape index (κ3) is 6.57. The van der Waals surface area contributed by atoms with E-state index < -0.39 is 47.5 Å². The van der Waals surface area contributed by atoms with Crippen molar-refractivity contribution in [2.24, 2.45) is 0 Å². The van der Waals surface area contributed by atoms with Crippen molar-refractivity contribution in [2.45, 2.75) is 43.0 Å². The molecule has 1 N–H and O–H groups in total. The Morgan fingerprint density at radius 1 is 0.800 bits per heavy atom. The van der Waals surface area contributed by atoms with E-state index in [1.807, 2.05) is 96.4 Å². The maximum Gasteiger partial charge on any atom is 0.334 e. The highest BCUT2D eigenvalue weighted by Gasteiger charge is 2.57. The van der Waals surface area contributed by atoms with Crippen molar-refractivity contribution in [1.29, 1.82) is 0 Å². The maximum absolute atomic E-state index is 14.4. The molecule has 2 amide bonds. The number of thiophene rings is 1. The number of thioether (sulfide) groups is 1. The number of fused-ring (bicyclic) bond motifs is 1. The van der Waals surface area contributed by atoms with Crippen LogP contribution in [0.25, 0.3) is 0 Å². The zero-order valence-corrected chi connectivity index (χ0v) is 25.9. The highest BCUT2D eigenvalue weighted by atomic mass is 32.2. The second-order valence-electron chi connectivity index (χ2n) is 10.6. The summed E-state index contributed by atoms with van der Waals surface area (Å²) in [6.45, 7) is 1.30. The number of hydrogen-bond acceptors (Lipinski definition) is 8. The molecule has 2 aliphatic heterocycles. The quantitative estimate of drug-likeness (QED) is 0.179. The Kier molecular flexibility index (Phi) is 9.13. The molecule has 0 radical (unpaired) electrons. The molecule has 4 atom stereocenters. The van der Waals surface area contributed by atoms with Gasteiger partial charge in [0, 0.05) is 17.4 Å². The van der Waals surface area contributed by atoms with Gasteiger partial charge in [0.05, 0.1) is 6.42 Å². The summed E-state index contributed by atoms with van der Waals surface area (Å²) >= 11 is 2.76. The number of nitrogens with one attached hydrogen (secondary N) is 1. The lowest BCUT2D eigenvalue weighted by Crippen LogP contribution is -2.74. The molecule has 1 aromatic heterocycles. The van der Waals surface area contributed by atoms with E-state index >= 15 is 0 Å². The van der Waals surface area contributed by atoms with Crippen LogP contribution in [-0.2, 0) is 35.1 Å². The molecule has 6 rings (SSSR count). The number of carbonyl (C=O) groups excluding carboxylic acids is 4. The molecule has 0 aliphatic carbocycles.